The standard InChI is InChI=1S/C44H84NO8P/c1-4-6-8-10-12-14-16-18-20-21-23-25-27-29-31-33-35-37-44(47)53-42(41-52-54(48,49)51-39-38-45-3)40-50-43(46)36-34-32-30-28-26-24-22-19-17-15-13-11-9-7-5-2/h12,14,18,20,42,45H,4-11,13,15-17,19,21-41H2,1-3H3,(H,48,49)/b14-12-,20-18-. The summed E-state index contributed by atoms with van der Waals surface area (Å²) in [6, 6.07) is 0. The van der Waals surface area contributed by atoms with Gasteiger partial charge in [-0.3, -0.25) is 18.6 Å². The Kier molecular flexibility index (Phi) is 40.0. The van der Waals surface area contributed by atoms with Crippen LogP contribution in [-0.4, -0.2) is 56.3 Å². The quantitative estimate of drug-likeness (QED) is 0.0270. The highest BCUT2D eigenvalue weighted by molar-refractivity contribution is 7.47. The number of hydrogen-bond donors (Lipinski definition) is 2. The third kappa shape index (κ3) is 40.2. The van der Waals surface area contributed by atoms with Crippen molar-refractivity contribution in [1.29, 1.82) is 0 Å². The van der Waals surface area contributed by atoms with Crippen molar-refractivity contribution in [2.24, 2.45) is 0 Å². The van der Waals surface area contributed by atoms with Crippen LogP contribution >= 0.6 is 7.82 Å². The van der Waals surface area contributed by atoms with Crippen LogP contribution in [0.4, 0.5) is 0 Å². The van der Waals surface area contributed by atoms with E-state index >= 15 is 0 Å². The van der Waals surface area contributed by atoms with E-state index in [0.717, 1.165) is 51.4 Å². The number of unbranched alkanes of at least 4 members (excludes halogenated alkanes) is 24. The second kappa shape index (κ2) is 41.1. The number of nitrogens with one attached hydrogen (secondary N) is 1. The molecular weight excluding hydrogens is 701 g/mol. The molecule has 0 aliphatic carbocycles. The molecule has 9 nitrogen and oxygen atoms in total. The maximum absolute atomic E-state index is 12.6. The molecule has 0 rings (SSSR count). The number of carbonyl (C=O) groups excluding carboxylic acids is 2. The van der Waals surface area contributed by atoms with Gasteiger partial charge in [-0.15, -0.1) is 0 Å². The highest BCUT2D eigenvalue weighted by atomic mass is 31.2. The van der Waals surface area contributed by atoms with Gasteiger partial charge in [0.05, 0.1) is 13.2 Å². The molecule has 54 heavy (non-hydrogen) atoms. The molecule has 10 heteroatoms. The zero-order valence-corrected chi connectivity index (χ0v) is 36.1. The van der Waals surface area contributed by atoms with Crippen LogP contribution in [0.2, 0.25) is 0 Å². The van der Waals surface area contributed by atoms with E-state index in [1.807, 2.05) is 0 Å². The zero-order chi connectivity index (χ0) is 39.6. The van der Waals surface area contributed by atoms with Gasteiger partial charge in [-0.05, 0) is 52.0 Å². The summed E-state index contributed by atoms with van der Waals surface area (Å²) in [5, 5.41) is 2.82. The van der Waals surface area contributed by atoms with Crippen LogP contribution in [0.3, 0.4) is 0 Å². The van der Waals surface area contributed by atoms with Crippen LogP contribution in [0.15, 0.2) is 24.3 Å². The molecule has 0 aromatic rings. The smallest absolute Gasteiger partial charge is 0.462 e. The van der Waals surface area contributed by atoms with E-state index in [-0.39, 0.29) is 25.6 Å². The van der Waals surface area contributed by atoms with Gasteiger partial charge in [0, 0.05) is 19.4 Å². The fourth-order valence-corrected chi connectivity index (χ4v) is 6.92. The van der Waals surface area contributed by atoms with Crippen LogP contribution in [0.1, 0.15) is 206 Å². The average molecular weight is 786 g/mol. The van der Waals surface area contributed by atoms with E-state index in [0.29, 0.717) is 19.4 Å². The van der Waals surface area contributed by atoms with Crippen molar-refractivity contribution in [3.63, 3.8) is 0 Å². The first-order valence-electron chi connectivity index (χ1n) is 22.3. The van der Waals surface area contributed by atoms with Crippen molar-refractivity contribution >= 4 is 19.8 Å². The van der Waals surface area contributed by atoms with Crippen molar-refractivity contribution in [1.82, 2.24) is 5.32 Å². The molecule has 0 aromatic carbocycles. The first-order chi connectivity index (χ1) is 26.3. The number of ether oxygens (including phenoxy) is 2. The number of rotatable bonds is 42. The number of allylic oxidation sites excluding steroid dienone is 4. The van der Waals surface area contributed by atoms with E-state index in [4.69, 9.17) is 18.5 Å². The predicted molar refractivity (Wildman–Crippen MR) is 225 cm³/mol. The van der Waals surface area contributed by atoms with Crippen LogP contribution in [0, 0.1) is 0 Å². The average Bonchev–Trinajstić information content (AvgIpc) is 3.15. The number of esters is 2. The highest BCUT2D eigenvalue weighted by Crippen LogP contribution is 2.43. The van der Waals surface area contributed by atoms with Gasteiger partial charge in [-0.25, -0.2) is 4.57 Å². The normalized spacial score (nSPS) is 13.5. The summed E-state index contributed by atoms with van der Waals surface area (Å²) in [4.78, 5) is 35.1. The molecule has 0 heterocycles. The fraction of sp³-hybridized carbons (Fsp3) is 0.864. The Morgan fingerprint density at radius 3 is 1.50 bits per heavy atom. The lowest BCUT2D eigenvalue weighted by Crippen LogP contribution is -2.29. The molecule has 0 bridgehead atoms. The molecule has 0 aliphatic heterocycles. The molecule has 318 valence electrons. The summed E-state index contributed by atoms with van der Waals surface area (Å²) in [6.45, 7) is 4.21. The van der Waals surface area contributed by atoms with Crippen molar-refractivity contribution in [3.8, 4) is 0 Å². The van der Waals surface area contributed by atoms with Crippen molar-refractivity contribution in [2.75, 3.05) is 33.4 Å². The molecule has 0 spiro atoms. The lowest BCUT2D eigenvalue weighted by molar-refractivity contribution is -0.161. The maximum Gasteiger partial charge on any atom is 0.472 e. The number of phosphoric acid groups is 1. The van der Waals surface area contributed by atoms with Crippen LogP contribution in [0.5, 0.6) is 0 Å². The molecule has 2 unspecified atom stereocenters. The maximum atomic E-state index is 12.6. The van der Waals surface area contributed by atoms with Crippen molar-refractivity contribution < 1.29 is 37.6 Å². The van der Waals surface area contributed by atoms with Gasteiger partial charge in [-0.2, -0.15) is 0 Å². The minimum atomic E-state index is -4.35. The summed E-state index contributed by atoms with van der Waals surface area (Å²) in [7, 11) is -2.65. The highest BCUT2D eigenvalue weighted by Gasteiger charge is 2.26. The molecular formula is C44H84NO8P. The molecule has 0 radical (unpaired) electrons. The Hall–Kier alpha value is -1.51. The van der Waals surface area contributed by atoms with Crippen molar-refractivity contribution in [2.45, 2.75) is 213 Å². The molecule has 0 amide bonds. The Bertz CT molecular complexity index is 944. The van der Waals surface area contributed by atoms with Gasteiger partial charge in [0.25, 0.3) is 0 Å². The molecule has 2 atom stereocenters. The Labute approximate surface area is 332 Å². The predicted octanol–water partition coefficient (Wildman–Crippen LogP) is 12.6. The number of likely N-dealkylation sites (N-methyl/N-ethyl adjacent to an activating group) is 1. The summed E-state index contributed by atoms with van der Waals surface area (Å²) in [6.07, 6.45) is 42.1. The second-order valence-corrected chi connectivity index (χ2v) is 16.3. The van der Waals surface area contributed by atoms with E-state index in [1.165, 1.54) is 122 Å². The minimum absolute atomic E-state index is 0.0167. The monoisotopic (exact) mass is 786 g/mol. The van der Waals surface area contributed by atoms with Crippen LogP contribution in [-0.2, 0) is 32.7 Å². The SMILES string of the molecule is CCCCC/C=C\C/C=C\CCCCCCCCCC(=O)OC(COC(=O)CCCCCCCCCCCCCCCCC)COP(=O)(O)OCCNC. The Morgan fingerprint density at radius 1 is 0.574 bits per heavy atom. The first kappa shape index (κ1) is 52.5. The van der Waals surface area contributed by atoms with Crippen molar-refractivity contribution in [3.05, 3.63) is 24.3 Å². The number of phosphoric ester groups is 1. The number of carbonyl (C=O) groups is 2. The lowest BCUT2D eigenvalue weighted by Gasteiger charge is -2.20. The van der Waals surface area contributed by atoms with E-state index < -0.39 is 26.5 Å². The fourth-order valence-electron chi connectivity index (χ4n) is 6.17. The largest absolute Gasteiger partial charge is 0.472 e. The lowest BCUT2D eigenvalue weighted by atomic mass is 10.0. The minimum Gasteiger partial charge on any atom is -0.462 e. The van der Waals surface area contributed by atoms with E-state index in [2.05, 4.69) is 43.5 Å². The first-order valence-corrected chi connectivity index (χ1v) is 23.8. The second-order valence-electron chi connectivity index (χ2n) is 14.9. The molecule has 0 aliphatic rings. The molecule has 0 aromatic heterocycles. The van der Waals surface area contributed by atoms with Gasteiger partial charge in [-0.1, -0.05) is 173 Å². The van der Waals surface area contributed by atoms with Gasteiger partial charge >= 0.3 is 19.8 Å². The van der Waals surface area contributed by atoms with Gasteiger partial charge in [0.15, 0.2) is 6.10 Å². The van der Waals surface area contributed by atoms with E-state index in [9.17, 15) is 19.0 Å². The van der Waals surface area contributed by atoms with Gasteiger partial charge < -0.3 is 19.7 Å². The third-order valence-corrected chi connectivity index (χ3v) is 10.6. The van der Waals surface area contributed by atoms with E-state index in [1.54, 1.807) is 7.05 Å². The molecule has 0 saturated heterocycles. The summed E-state index contributed by atoms with van der Waals surface area (Å²) in [5.41, 5.74) is 0. The molecule has 0 fully saturated rings. The Morgan fingerprint density at radius 2 is 1.00 bits per heavy atom. The third-order valence-electron chi connectivity index (χ3n) is 9.57. The van der Waals surface area contributed by atoms with Gasteiger partial charge in [0.1, 0.15) is 6.61 Å². The molecule has 0 saturated carbocycles. The summed E-state index contributed by atoms with van der Waals surface area (Å²) < 4.78 is 33.2. The number of hydrogen-bond acceptors (Lipinski definition) is 8. The molecule has 2 N–H and O–H groups in total. The summed E-state index contributed by atoms with van der Waals surface area (Å²) in [5.74, 6) is -0.807. The summed E-state index contributed by atoms with van der Waals surface area (Å²) >= 11 is 0. The van der Waals surface area contributed by atoms with Crippen LogP contribution in [0.25, 0.3) is 0 Å². The Balaban J connectivity index is 4.20. The topological polar surface area (TPSA) is 120 Å². The van der Waals surface area contributed by atoms with Gasteiger partial charge in [0.2, 0.25) is 0 Å². The van der Waals surface area contributed by atoms with Crippen LogP contribution < -0.4 is 5.32 Å². The zero-order valence-electron chi connectivity index (χ0n) is 35.2.